The van der Waals surface area contributed by atoms with E-state index in [-0.39, 0.29) is 80.7 Å². The highest BCUT2D eigenvalue weighted by atomic mass is 35.5. The molecular formula is C32H37Cl2N7O6. The van der Waals surface area contributed by atoms with E-state index in [9.17, 15) is 14.4 Å². The molecule has 13 nitrogen and oxygen atoms in total. The number of anilines is 1. The molecule has 0 spiro atoms. The zero-order chi connectivity index (χ0) is 33.8. The Morgan fingerprint density at radius 2 is 1.79 bits per heavy atom. The van der Waals surface area contributed by atoms with Crippen molar-refractivity contribution in [3.8, 4) is 22.6 Å². The summed E-state index contributed by atoms with van der Waals surface area (Å²) in [6.07, 6.45) is 4.64. The molecule has 2 aliphatic heterocycles. The number of aromatic nitrogens is 3. The third kappa shape index (κ3) is 7.08. The van der Waals surface area contributed by atoms with Gasteiger partial charge in [-0.05, 0) is 31.7 Å². The van der Waals surface area contributed by atoms with Crippen LogP contribution in [0.5, 0.6) is 11.5 Å². The van der Waals surface area contributed by atoms with E-state index in [2.05, 4.69) is 33.7 Å². The number of nitrogens with zero attached hydrogens (tertiary/aromatic N) is 5. The Morgan fingerprint density at radius 1 is 1.09 bits per heavy atom. The molecule has 4 heterocycles. The summed E-state index contributed by atoms with van der Waals surface area (Å²) in [6, 6.07) is 2.52. The van der Waals surface area contributed by atoms with Crippen LogP contribution in [-0.4, -0.2) is 108 Å². The van der Waals surface area contributed by atoms with E-state index >= 15 is 0 Å². The number of likely N-dealkylation sites (N-methyl/N-ethyl adjacent to an activating group) is 1. The van der Waals surface area contributed by atoms with Gasteiger partial charge in [0.1, 0.15) is 17.1 Å². The van der Waals surface area contributed by atoms with Crippen molar-refractivity contribution in [3.05, 3.63) is 64.0 Å². The highest BCUT2D eigenvalue weighted by Crippen LogP contribution is 2.45. The predicted molar refractivity (Wildman–Crippen MR) is 181 cm³/mol. The lowest BCUT2D eigenvalue weighted by Crippen LogP contribution is -2.53. The second kappa shape index (κ2) is 14.7. The second-order valence-electron chi connectivity index (χ2n) is 11.3. The number of carbonyl (C=O) groups is 2. The maximum absolute atomic E-state index is 14.4. The van der Waals surface area contributed by atoms with Crippen molar-refractivity contribution < 1.29 is 23.8 Å². The van der Waals surface area contributed by atoms with Gasteiger partial charge in [-0.1, -0.05) is 36.4 Å². The van der Waals surface area contributed by atoms with Crippen LogP contribution in [0.2, 0.25) is 10.0 Å². The van der Waals surface area contributed by atoms with Gasteiger partial charge < -0.3 is 29.7 Å². The van der Waals surface area contributed by atoms with E-state index in [1.807, 2.05) is 7.05 Å². The van der Waals surface area contributed by atoms with Gasteiger partial charge in [-0.25, -0.2) is 4.98 Å². The minimum absolute atomic E-state index is 0.0355. The van der Waals surface area contributed by atoms with Crippen LogP contribution in [0.15, 0.2) is 48.4 Å². The first-order chi connectivity index (χ1) is 22.6. The van der Waals surface area contributed by atoms with Crippen molar-refractivity contribution in [1.82, 2.24) is 29.7 Å². The third-order valence-electron chi connectivity index (χ3n) is 8.53. The number of amides is 2. The van der Waals surface area contributed by atoms with Crippen molar-refractivity contribution in [1.29, 1.82) is 0 Å². The molecule has 0 saturated carbocycles. The summed E-state index contributed by atoms with van der Waals surface area (Å²) in [5.74, 6) is 0.379. The monoisotopic (exact) mass is 685 g/mol. The fraction of sp³-hybridized carbons (Fsp3) is 0.406. The molecule has 15 heteroatoms. The normalized spacial score (nSPS) is 19.8. The van der Waals surface area contributed by atoms with Crippen molar-refractivity contribution in [2.75, 3.05) is 59.4 Å². The van der Waals surface area contributed by atoms with E-state index in [4.69, 9.17) is 42.4 Å². The molecule has 0 bridgehead atoms. The summed E-state index contributed by atoms with van der Waals surface area (Å²) >= 11 is 13.5. The number of methoxy groups -OCH3 is 2. The lowest BCUT2D eigenvalue weighted by Gasteiger charge is -2.39. The quantitative estimate of drug-likeness (QED) is 0.290. The number of carbonyl (C=O) groups excluding carboxylic acids is 2. The predicted octanol–water partition coefficient (Wildman–Crippen LogP) is 2.98. The van der Waals surface area contributed by atoms with Crippen molar-refractivity contribution in [3.63, 3.8) is 0 Å². The first kappa shape index (κ1) is 34.2. The third-order valence-corrected chi connectivity index (χ3v) is 9.28. The zero-order valence-electron chi connectivity index (χ0n) is 26.4. The SMILES string of the molecule is C=CC(=O)NC1COCC1Nc1ncc2cc(-c3c(Cl)c(OC)cc(OC)c3Cl)c(=O)n(CCC3CN(C(=O)C=C)CCN3C)c2n1. The van der Waals surface area contributed by atoms with Gasteiger partial charge in [0.25, 0.3) is 5.56 Å². The Kier molecular flexibility index (Phi) is 10.7. The van der Waals surface area contributed by atoms with Gasteiger partial charge in [0.2, 0.25) is 17.8 Å². The number of hydrogen-bond acceptors (Lipinski definition) is 10. The Morgan fingerprint density at radius 3 is 2.45 bits per heavy atom. The summed E-state index contributed by atoms with van der Waals surface area (Å²) in [5.41, 5.74) is 0.459. The maximum atomic E-state index is 14.4. The number of fused-ring (bicyclic) bond motifs is 1. The highest BCUT2D eigenvalue weighted by Gasteiger charge is 2.31. The first-order valence-corrected chi connectivity index (χ1v) is 15.7. The van der Waals surface area contributed by atoms with Crippen LogP contribution in [0.25, 0.3) is 22.2 Å². The van der Waals surface area contributed by atoms with Gasteiger partial charge in [-0.3, -0.25) is 23.9 Å². The standard InChI is InChI=1S/C32H37Cl2N7O6/c1-6-25(42)36-21-16-47-17-22(21)37-32-35-14-18-12-20(27-28(33)23(45-4)13-24(46-5)29(27)34)31(44)41(30(18)38-32)9-8-19-15-40(26(43)7-2)11-10-39(19)3/h6-7,12-14,19,21-22H,1-2,8-11,15-17H2,3-5H3,(H,36,42)(H,35,37,38). The van der Waals surface area contributed by atoms with Crippen LogP contribution in [0.3, 0.4) is 0 Å². The van der Waals surface area contributed by atoms with Gasteiger partial charge in [0.15, 0.2) is 0 Å². The van der Waals surface area contributed by atoms with Crippen LogP contribution in [0, 0.1) is 0 Å². The Labute approximate surface area is 282 Å². The summed E-state index contributed by atoms with van der Waals surface area (Å²) in [4.78, 5) is 52.0. The lowest BCUT2D eigenvalue weighted by atomic mass is 10.0. The second-order valence-corrected chi connectivity index (χ2v) is 12.0. The summed E-state index contributed by atoms with van der Waals surface area (Å²) in [6.45, 7) is 9.77. The molecule has 2 aliphatic rings. The molecule has 2 saturated heterocycles. The van der Waals surface area contributed by atoms with Crippen LogP contribution in [0.1, 0.15) is 6.42 Å². The van der Waals surface area contributed by atoms with Crippen molar-refractivity contribution in [2.45, 2.75) is 31.1 Å². The number of rotatable bonds is 11. The zero-order valence-corrected chi connectivity index (χ0v) is 27.9. The van der Waals surface area contributed by atoms with Gasteiger partial charge in [0, 0.05) is 55.4 Å². The topological polar surface area (TPSA) is 140 Å². The summed E-state index contributed by atoms with van der Waals surface area (Å²) in [7, 11) is 4.92. The molecule has 3 atom stereocenters. The largest absolute Gasteiger partial charge is 0.495 e. The molecule has 250 valence electrons. The number of hydrogen-bond donors (Lipinski definition) is 2. The van der Waals surface area contributed by atoms with E-state index in [0.717, 1.165) is 0 Å². The summed E-state index contributed by atoms with van der Waals surface area (Å²) < 4.78 is 18.1. The molecule has 2 amide bonds. The molecule has 3 aromatic rings. The number of halogens is 2. The van der Waals surface area contributed by atoms with Crippen LogP contribution in [0.4, 0.5) is 5.95 Å². The highest BCUT2D eigenvalue weighted by molar-refractivity contribution is 6.41. The number of ether oxygens (including phenoxy) is 3. The van der Waals surface area contributed by atoms with Gasteiger partial charge in [-0.2, -0.15) is 4.98 Å². The molecule has 2 fully saturated rings. The molecule has 3 unspecified atom stereocenters. The number of pyridine rings is 1. The summed E-state index contributed by atoms with van der Waals surface area (Å²) in [5, 5.41) is 6.95. The van der Waals surface area contributed by atoms with E-state index in [1.54, 1.807) is 27.8 Å². The molecule has 0 radical (unpaired) electrons. The number of piperazine rings is 1. The van der Waals surface area contributed by atoms with E-state index < -0.39 is 0 Å². The minimum Gasteiger partial charge on any atom is -0.495 e. The Hall–Kier alpha value is -4.17. The number of aryl methyl sites for hydroxylation is 1. The van der Waals surface area contributed by atoms with Crippen molar-refractivity contribution >= 4 is 52.0 Å². The van der Waals surface area contributed by atoms with Gasteiger partial charge in [0.05, 0.1) is 55.1 Å². The van der Waals surface area contributed by atoms with Crippen LogP contribution in [-0.2, 0) is 20.9 Å². The first-order valence-electron chi connectivity index (χ1n) is 15.0. The lowest BCUT2D eigenvalue weighted by molar-refractivity contribution is -0.128. The molecule has 1 aromatic carbocycles. The van der Waals surface area contributed by atoms with Crippen LogP contribution >= 0.6 is 23.2 Å². The smallest absolute Gasteiger partial charge is 0.260 e. The molecular weight excluding hydrogens is 649 g/mol. The molecule has 0 aliphatic carbocycles. The number of nitrogens with one attached hydrogen (secondary N) is 2. The van der Waals surface area contributed by atoms with E-state index in [1.165, 1.54) is 26.4 Å². The van der Waals surface area contributed by atoms with Gasteiger partial charge in [-0.15, -0.1) is 0 Å². The minimum atomic E-state index is -0.390. The average Bonchev–Trinajstić information content (AvgIpc) is 3.50. The maximum Gasteiger partial charge on any atom is 0.260 e. The average molecular weight is 687 g/mol. The molecule has 2 aromatic heterocycles. The van der Waals surface area contributed by atoms with Gasteiger partial charge >= 0.3 is 0 Å². The molecule has 47 heavy (non-hydrogen) atoms. The van der Waals surface area contributed by atoms with Crippen molar-refractivity contribution in [2.24, 2.45) is 0 Å². The number of benzene rings is 1. The Bertz CT molecular complexity index is 1740. The van der Waals surface area contributed by atoms with E-state index in [0.29, 0.717) is 50.3 Å². The van der Waals surface area contributed by atoms with Crippen LogP contribution < -0.4 is 25.7 Å². The fourth-order valence-corrected chi connectivity index (χ4v) is 6.55. The Balaban J connectivity index is 1.59. The molecule has 2 N–H and O–H groups in total. The molecule has 5 rings (SSSR count). The fourth-order valence-electron chi connectivity index (χ4n) is 5.85.